The minimum Gasteiger partial charge on any atom is -0.481 e. The predicted octanol–water partition coefficient (Wildman–Crippen LogP) is 2.94. The third-order valence-electron chi connectivity index (χ3n) is 5.40. The quantitative estimate of drug-likeness (QED) is 0.517. The van der Waals surface area contributed by atoms with Crippen molar-refractivity contribution in [3.8, 4) is 0 Å². The lowest BCUT2D eigenvalue weighted by molar-refractivity contribution is -0.137. The van der Waals surface area contributed by atoms with Crippen molar-refractivity contribution in [2.75, 3.05) is 5.32 Å². The van der Waals surface area contributed by atoms with E-state index in [1.165, 1.54) is 12.4 Å². The second-order valence-corrected chi connectivity index (χ2v) is 7.70. The number of pyridine rings is 1. The molecule has 166 valence electrons. The number of amides is 3. The van der Waals surface area contributed by atoms with Crippen LogP contribution < -0.4 is 5.32 Å². The summed E-state index contributed by atoms with van der Waals surface area (Å²) in [5, 5.41) is 11.6. The number of rotatable bonds is 8. The highest BCUT2D eigenvalue weighted by atomic mass is 16.4. The smallest absolute Gasteiger partial charge is 0.303 e. The first kappa shape index (κ1) is 21.9. The van der Waals surface area contributed by atoms with Crippen molar-refractivity contribution in [1.82, 2.24) is 9.88 Å². The van der Waals surface area contributed by atoms with Crippen molar-refractivity contribution in [3.63, 3.8) is 0 Å². The molecule has 0 saturated carbocycles. The van der Waals surface area contributed by atoms with E-state index in [9.17, 15) is 19.2 Å². The van der Waals surface area contributed by atoms with Gasteiger partial charge < -0.3 is 10.4 Å². The molecule has 1 aliphatic heterocycles. The summed E-state index contributed by atoms with van der Waals surface area (Å²) >= 11 is 0. The van der Waals surface area contributed by atoms with Gasteiger partial charge in [0.1, 0.15) is 6.04 Å². The van der Waals surface area contributed by atoms with Gasteiger partial charge in [-0.05, 0) is 35.7 Å². The molecule has 0 saturated heterocycles. The number of nitrogens with zero attached hydrogens (tertiary/aromatic N) is 2. The van der Waals surface area contributed by atoms with Gasteiger partial charge in [0.15, 0.2) is 0 Å². The minimum atomic E-state index is -1.08. The molecule has 1 aromatic heterocycles. The Hall–Kier alpha value is -4.33. The fourth-order valence-electron chi connectivity index (χ4n) is 3.80. The third-order valence-corrected chi connectivity index (χ3v) is 5.40. The average Bonchev–Trinajstić information content (AvgIpc) is 3.07. The number of hydrogen-bond donors (Lipinski definition) is 2. The summed E-state index contributed by atoms with van der Waals surface area (Å²) in [5.41, 5.74) is 2.34. The zero-order valence-electron chi connectivity index (χ0n) is 17.6. The summed E-state index contributed by atoms with van der Waals surface area (Å²) in [6.07, 6.45) is 3.31. The maximum absolute atomic E-state index is 13.3. The van der Waals surface area contributed by atoms with Crippen LogP contribution in [0, 0.1) is 0 Å². The standard InChI is InChI=1S/C25H21N3O5/c29-22(30)11-10-17-12-18(15-26-14-17)27-23(31)21(13-16-6-2-1-3-7-16)28-24(32)19-8-4-5-9-20(19)25(28)33/h1-9,12,14-15,21H,10-11,13H2,(H,27,31)(H,29,30)/t21-/m0/s1. The van der Waals surface area contributed by atoms with Crippen molar-refractivity contribution in [1.29, 1.82) is 0 Å². The zero-order chi connectivity index (χ0) is 23.4. The van der Waals surface area contributed by atoms with Gasteiger partial charge in [-0.15, -0.1) is 0 Å². The molecule has 3 amide bonds. The summed E-state index contributed by atoms with van der Waals surface area (Å²) in [6.45, 7) is 0. The molecule has 0 spiro atoms. The van der Waals surface area contributed by atoms with Crippen LogP contribution in [0.4, 0.5) is 5.69 Å². The first-order valence-electron chi connectivity index (χ1n) is 10.4. The molecule has 0 unspecified atom stereocenters. The topological polar surface area (TPSA) is 117 Å². The van der Waals surface area contributed by atoms with Gasteiger partial charge >= 0.3 is 5.97 Å². The fraction of sp³-hybridized carbons (Fsp3) is 0.160. The monoisotopic (exact) mass is 443 g/mol. The average molecular weight is 443 g/mol. The Kier molecular flexibility index (Phi) is 6.26. The van der Waals surface area contributed by atoms with Crippen molar-refractivity contribution in [2.24, 2.45) is 0 Å². The first-order valence-corrected chi connectivity index (χ1v) is 10.4. The number of carbonyl (C=O) groups is 4. The molecule has 8 nitrogen and oxygen atoms in total. The van der Waals surface area contributed by atoms with Crippen molar-refractivity contribution in [2.45, 2.75) is 25.3 Å². The molecule has 3 aromatic rings. The van der Waals surface area contributed by atoms with Gasteiger partial charge in [0.25, 0.3) is 11.8 Å². The molecule has 0 radical (unpaired) electrons. The lowest BCUT2D eigenvalue weighted by Gasteiger charge is -2.25. The van der Waals surface area contributed by atoms with Gasteiger partial charge in [0.2, 0.25) is 5.91 Å². The lowest BCUT2D eigenvalue weighted by atomic mass is 10.0. The number of aromatic nitrogens is 1. The summed E-state index contributed by atoms with van der Waals surface area (Å²) in [6, 6.07) is 16.2. The normalized spacial score (nSPS) is 13.5. The first-order chi connectivity index (χ1) is 15.9. The fourth-order valence-corrected chi connectivity index (χ4v) is 3.80. The van der Waals surface area contributed by atoms with E-state index in [-0.39, 0.29) is 30.4 Å². The summed E-state index contributed by atoms with van der Waals surface area (Å²) in [4.78, 5) is 55.4. The van der Waals surface area contributed by atoms with Crippen LogP contribution in [0.25, 0.3) is 0 Å². The van der Waals surface area contributed by atoms with Gasteiger partial charge in [0.05, 0.1) is 23.0 Å². The van der Waals surface area contributed by atoms with Crippen LogP contribution in [0.2, 0.25) is 0 Å². The van der Waals surface area contributed by atoms with Crippen molar-refractivity contribution in [3.05, 3.63) is 95.3 Å². The molecule has 0 aliphatic carbocycles. The van der Waals surface area contributed by atoms with E-state index in [2.05, 4.69) is 10.3 Å². The lowest BCUT2D eigenvalue weighted by Crippen LogP contribution is -2.48. The van der Waals surface area contributed by atoms with Crippen LogP contribution in [-0.2, 0) is 22.4 Å². The Labute approximate surface area is 189 Å². The highest BCUT2D eigenvalue weighted by molar-refractivity contribution is 6.23. The molecular weight excluding hydrogens is 422 g/mol. The number of imide groups is 1. The predicted molar refractivity (Wildman–Crippen MR) is 120 cm³/mol. The third kappa shape index (κ3) is 4.79. The van der Waals surface area contributed by atoms with Crippen LogP contribution in [0.3, 0.4) is 0 Å². The second-order valence-electron chi connectivity index (χ2n) is 7.70. The molecule has 33 heavy (non-hydrogen) atoms. The molecule has 0 fully saturated rings. The molecular formula is C25H21N3O5. The molecule has 8 heteroatoms. The maximum atomic E-state index is 13.3. The number of benzene rings is 2. The molecule has 4 rings (SSSR count). The Balaban J connectivity index is 1.61. The zero-order valence-corrected chi connectivity index (χ0v) is 17.6. The number of aliphatic carboxylic acids is 1. The number of anilines is 1. The van der Waals surface area contributed by atoms with Gasteiger partial charge in [-0.1, -0.05) is 42.5 Å². The van der Waals surface area contributed by atoms with Gasteiger partial charge in [-0.3, -0.25) is 29.1 Å². The number of hydrogen-bond acceptors (Lipinski definition) is 5. The van der Waals surface area contributed by atoms with Crippen LogP contribution in [-0.4, -0.2) is 44.7 Å². The molecule has 1 atom stereocenters. The van der Waals surface area contributed by atoms with E-state index < -0.39 is 29.7 Å². The number of aryl methyl sites for hydroxylation is 1. The van der Waals surface area contributed by atoms with Gasteiger partial charge in [-0.25, -0.2) is 0 Å². The number of carboxylic acids is 1. The van der Waals surface area contributed by atoms with E-state index in [1.54, 1.807) is 30.3 Å². The maximum Gasteiger partial charge on any atom is 0.303 e. The summed E-state index contributed by atoms with van der Waals surface area (Å²) in [7, 11) is 0. The number of nitrogens with one attached hydrogen (secondary N) is 1. The number of carbonyl (C=O) groups excluding carboxylic acids is 3. The highest BCUT2D eigenvalue weighted by Gasteiger charge is 2.42. The Bertz CT molecular complexity index is 1190. The number of fused-ring (bicyclic) bond motifs is 1. The van der Waals surface area contributed by atoms with E-state index in [0.717, 1.165) is 10.5 Å². The largest absolute Gasteiger partial charge is 0.481 e. The van der Waals surface area contributed by atoms with Crippen molar-refractivity contribution >= 4 is 29.4 Å². The van der Waals surface area contributed by atoms with E-state index in [4.69, 9.17) is 5.11 Å². The van der Waals surface area contributed by atoms with E-state index in [0.29, 0.717) is 11.3 Å². The molecule has 2 N–H and O–H groups in total. The van der Waals surface area contributed by atoms with Crippen LogP contribution >= 0.6 is 0 Å². The van der Waals surface area contributed by atoms with E-state index in [1.807, 2.05) is 30.3 Å². The summed E-state index contributed by atoms with van der Waals surface area (Å²) < 4.78 is 0. The SMILES string of the molecule is O=C(O)CCc1cncc(NC(=O)[C@H](Cc2ccccc2)N2C(=O)c3ccccc3C2=O)c1. The molecule has 1 aliphatic rings. The minimum absolute atomic E-state index is 0.0647. The molecule has 2 aromatic carbocycles. The van der Waals surface area contributed by atoms with Crippen LogP contribution in [0.1, 0.15) is 38.3 Å². The van der Waals surface area contributed by atoms with Crippen LogP contribution in [0.5, 0.6) is 0 Å². The van der Waals surface area contributed by atoms with Gasteiger partial charge in [-0.2, -0.15) is 0 Å². The van der Waals surface area contributed by atoms with Crippen LogP contribution in [0.15, 0.2) is 73.1 Å². The molecule has 2 heterocycles. The summed E-state index contributed by atoms with van der Waals surface area (Å²) in [5.74, 6) is -2.50. The Morgan fingerprint density at radius 3 is 2.18 bits per heavy atom. The van der Waals surface area contributed by atoms with E-state index >= 15 is 0 Å². The number of carboxylic acid groups (broad SMARTS) is 1. The Morgan fingerprint density at radius 1 is 0.909 bits per heavy atom. The molecule has 0 bridgehead atoms. The second kappa shape index (κ2) is 9.44. The Morgan fingerprint density at radius 2 is 1.55 bits per heavy atom. The van der Waals surface area contributed by atoms with Crippen molar-refractivity contribution < 1.29 is 24.3 Å². The van der Waals surface area contributed by atoms with Gasteiger partial charge in [0, 0.05) is 19.0 Å². The highest BCUT2D eigenvalue weighted by Crippen LogP contribution is 2.26.